The molecule has 24 heavy (non-hydrogen) atoms. The third kappa shape index (κ3) is 17.5. The number of rotatable bonds is 7. The van der Waals surface area contributed by atoms with Crippen LogP contribution < -0.4 is 4.18 Å². The van der Waals surface area contributed by atoms with Gasteiger partial charge in [-0.05, 0) is 37.0 Å². The molecule has 8 nitrogen and oxygen atoms in total. The van der Waals surface area contributed by atoms with E-state index in [1.807, 2.05) is 0 Å². The Morgan fingerprint density at radius 3 is 2.04 bits per heavy atom. The molecule has 0 aromatic heterocycles. The van der Waals surface area contributed by atoms with Crippen LogP contribution in [0.25, 0.3) is 0 Å². The summed E-state index contributed by atoms with van der Waals surface area (Å²) in [5.41, 5.74) is 0.844. The average molecular weight is 423 g/mol. The monoisotopic (exact) mass is 422 g/mol. The van der Waals surface area contributed by atoms with Crippen molar-refractivity contribution in [1.29, 1.82) is 0 Å². The van der Waals surface area contributed by atoms with Gasteiger partial charge in [-0.1, -0.05) is 12.1 Å². The van der Waals surface area contributed by atoms with Crippen LogP contribution in [0.3, 0.4) is 0 Å². The van der Waals surface area contributed by atoms with Gasteiger partial charge in [-0.2, -0.15) is 16.8 Å². The number of hydrogen-bond donors (Lipinski definition) is 1. The Hall–Kier alpha value is -0.880. The van der Waals surface area contributed by atoms with Gasteiger partial charge in [0.05, 0.1) is 18.3 Å². The molecule has 0 spiro atoms. The zero-order chi connectivity index (χ0) is 19.0. The normalized spacial score (nSPS) is 12.2. The first kappa shape index (κ1) is 23.1. The Bertz CT molecular complexity index is 821. The summed E-state index contributed by atoms with van der Waals surface area (Å²) in [4.78, 5) is 0. The lowest BCUT2D eigenvalue weighted by molar-refractivity contribution is 0.479. The van der Waals surface area contributed by atoms with Crippen molar-refractivity contribution in [3.8, 4) is 5.75 Å². The third-order valence-corrected chi connectivity index (χ3v) is 3.56. The summed E-state index contributed by atoms with van der Waals surface area (Å²) in [5, 5.41) is 0. The second-order valence-electron chi connectivity index (χ2n) is 4.86. The van der Waals surface area contributed by atoms with Crippen molar-refractivity contribution < 1.29 is 34.0 Å². The Kier molecular flexibility index (Phi) is 9.21. The molecule has 1 N–H and O–H groups in total. The van der Waals surface area contributed by atoms with E-state index in [2.05, 4.69) is 10.7 Å². The van der Waals surface area contributed by atoms with Gasteiger partial charge in [0.15, 0.2) is 0 Å². The second kappa shape index (κ2) is 9.56. The summed E-state index contributed by atoms with van der Waals surface area (Å²) >= 11 is 0. The summed E-state index contributed by atoms with van der Waals surface area (Å²) in [6.45, 7) is 0. The summed E-state index contributed by atoms with van der Waals surface area (Å²) in [6, 6.07) is 6.58. The van der Waals surface area contributed by atoms with Gasteiger partial charge in [0.1, 0.15) is 5.75 Å². The first-order valence-electron chi connectivity index (χ1n) is 6.49. The van der Waals surface area contributed by atoms with Crippen LogP contribution in [-0.2, 0) is 35.7 Å². The van der Waals surface area contributed by atoms with Gasteiger partial charge in [-0.3, -0.25) is 4.55 Å². The first-order chi connectivity index (χ1) is 10.7. The maximum atomic E-state index is 11.0. The van der Waals surface area contributed by atoms with Gasteiger partial charge in [-0.25, -0.2) is 8.42 Å². The van der Waals surface area contributed by atoms with Crippen LogP contribution in [0.15, 0.2) is 24.3 Å². The molecule has 1 rings (SSSR count). The number of benzene rings is 1. The number of unbranched alkanes of at least 4 members (excludes halogenated alkanes) is 1. The molecule has 0 radical (unpaired) electrons. The minimum Gasteiger partial charge on any atom is -0.383 e. The van der Waals surface area contributed by atoms with Gasteiger partial charge in [0, 0.05) is 10.7 Å². The van der Waals surface area contributed by atoms with E-state index >= 15 is 0 Å². The zero-order valence-electron chi connectivity index (χ0n) is 13.0. The van der Waals surface area contributed by atoms with E-state index in [1.54, 1.807) is 18.2 Å². The first-order valence-corrected chi connectivity index (χ1v) is 12.6. The quantitative estimate of drug-likeness (QED) is 0.302. The van der Waals surface area contributed by atoms with Crippen LogP contribution in [0.2, 0.25) is 0 Å². The molecule has 0 amide bonds. The molecule has 0 fully saturated rings. The fraction of sp³-hybridized carbons (Fsp3) is 0.500. The van der Waals surface area contributed by atoms with E-state index in [4.69, 9.17) is 8.74 Å². The minimum atomic E-state index is -3.91. The van der Waals surface area contributed by atoms with Gasteiger partial charge in [0.25, 0.3) is 10.1 Å². The van der Waals surface area contributed by atoms with E-state index in [1.165, 1.54) is 6.07 Å². The van der Waals surface area contributed by atoms with Gasteiger partial charge in [-0.15, -0.1) is 0 Å². The van der Waals surface area contributed by atoms with Crippen molar-refractivity contribution in [1.82, 2.24) is 0 Å². The Balaban J connectivity index is 0.000000922. The molecule has 1 aromatic carbocycles. The number of hydrogen-bond acceptors (Lipinski definition) is 7. The standard InChI is InChI=1S/C11H16O6S2.CH3ClO2S/c1-18(12,13)17-11-7-4-6-10(9-11)5-2-3-8-19(14,15)16;1-5(2,3)4/h4,6-7,9H,2-3,5,8H2,1H3,(H,14,15,16);1H3. The molecule has 0 aliphatic carbocycles. The Morgan fingerprint density at radius 2 is 1.58 bits per heavy atom. The molecule has 0 bridgehead atoms. The molecule has 0 saturated carbocycles. The second-order valence-corrected chi connectivity index (χ2v) is 11.1. The molecule has 0 saturated heterocycles. The average Bonchev–Trinajstić information content (AvgIpc) is 2.30. The molecule has 0 unspecified atom stereocenters. The van der Waals surface area contributed by atoms with Crippen LogP contribution in [0.5, 0.6) is 5.75 Å². The predicted octanol–water partition coefficient (Wildman–Crippen LogP) is 1.42. The molecular weight excluding hydrogens is 404 g/mol. The molecule has 12 heteroatoms. The minimum absolute atomic E-state index is 0.231. The summed E-state index contributed by atoms with van der Waals surface area (Å²) in [6.07, 6.45) is 3.38. The lowest BCUT2D eigenvalue weighted by Gasteiger charge is -2.05. The molecule has 0 heterocycles. The van der Waals surface area contributed by atoms with Crippen LogP contribution in [0.4, 0.5) is 0 Å². The van der Waals surface area contributed by atoms with Gasteiger partial charge < -0.3 is 4.18 Å². The zero-order valence-corrected chi connectivity index (χ0v) is 16.3. The van der Waals surface area contributed by atoms with Crippen molar-refractivity contribution in [2.24, 2.45) is 0 Å². The third-order valence-electron chi connectivity index (χ3n) is 2.26. The lowest BCUT2D eigenvalue weighted by Crippen LogP contribution is -2.06. The highest BCUT2D eigenvalue weighted by Crippen LogP contribution is 2.16. The van der Waals surface area contributed by atoms with Crippen molar-refractivity contribution in [3.05, 3.63) is 29.8 Å². The predicted molar refractivity (Wildman–Crippen MR) is 92.0 cm³/mol. The molecule has 1 aromatic rings. The fourth-order valence-electron chi connectivity index (χ4n) is 1.54. The van der Waals surface area contributed by atoms with Crippen LogP contribution in [0.1, 0.15) is 18.4 Å². The molecule has 140 valence electrons. The maximum absolute atomic E-state index is 11.0. The number of halogens is 1. The van der Waals surface area contributed by atoms with Crippen LogP contribution in [0, 0.1) is 0 Å². The largest absolute Gasteiger partial charge is 0.383 e. The van der Waals surface area contributed by atoms with Crippen LogP contribution in [-0.4, -0.2) is 48.1 Å². The maximum Gasteiger partial charge on any atom is 0.306 e. The Morgan fingerprint density at radius 1 is 1.04 bits per heavy atom. The van der Waals surface area contributed by atoms with E-state index in [0.717, 1.165) is 18.1 Å². The summed E-state index contributed by atoms with van der Waals surface area (Å²) < 4.78 is 75.1. The number of aryl methyl sites for hydroxylation is 1. The highest BCUT2D eigenvalue weighted by atomic mass is 35.7. The summed E-state index contributed by atoms with van der Waals surface area (Å²) in [5.74, 6) is -0.0400. The van der Waals surface area contributed by atoms with Crippen molar-refractivity contribution in [3.63, 3.8) is 0 Å². The van der Waals surface area contributed by atoms with E-state index in [-0.39, 0.29) is 11.5 Å². The Labute approximate surface area is 147 Å². The summed E-state index contributed by atoms with van der Waals surface area (Å²) in [7, 11) is -6.16. The lowest BCUT2D eigenvalue weighted by atomic mass is 10.1. The smallest absolute Gasteiger partial charge is 0.306 e. The topological polar surface area (TPSA) is 132 Å². The van der Waals surface area contributed by atoms with Crippen molar-refractivity contribution in [2.45, 2.75) is 19.3 Å². The molecule has 0 aliphatic rings. The van der Waals surface area contributed by atoms with Gasteiger partial charge in [0.2, 0.25) is 9.05 Å². The van der Waals surface area contributed by atoms with E-state index in [9.17, 15) is 25.3 Å². The van der Waals surface area contributed by atoms with E-state index < -0.39 is 29.3 Å². The molecule has 0 atom stereocenters. The van der Waals surface area contributed by atoms with E-state index in [0.29, 0.717) is 19.3 Å². The van der Waals surface area contributed by atoms with Crippen molar-refractivity contribution in [2.75, 3.05) is 18.3 Å². The van der Waals surface area contributed by atoms with Gasteiger partial charge >= 0.3 is 10.1 Å². The van der Waals surface area contributed by atoms with Crippen LogP contribution >= 0.6 is 10.7 Å². The SMILES string of the molecule is CS(=O)(=O)Cl.CS(=O)(=O)Oc1cccc(CCCCS(=O)(=O)O)c1. The van der Waals surface area contributed by atoms with Crippen molar-refractivity contribution >= 4 is 40.0 Å². The highest BCUT2D eigenvalue weighted by molar-refractivity contribution is 8.13. The fourth-order valence-corrected chi connectivity index (χ4v) is 2.56. The highest BCUT2D eigenvalue weighted by Gasteiger charge is 2.06. The molecule has 0 aliphatic heterocycles. The molecular formula is C12H19ClO8S3.